The third kappa shape index (κ3) is 1.09. The Balaban J connectivity index is 2.14. The van der Waals surface area contributed by atoms with Crippen LogP contribution in [0.15, 0.2) is 0 Å². The van der Waals surface area contributed by atoms with Crippen LogP contribution < -0.4 is 10.7 Å². The monoisotopic (exact) mass is 172 g/mol. The van der Waals surface area contributed by atoms with Crippen LogP contribution in [0.3, 0.4) is 0 Å². The number of hydrogen-bond acceptors (Lipinski definition) is 3. The molecule has 0 saturated carbocycles. The van der Waals surface area contributed by atoms with Gasteiger partial charge in [0.1, 0.15) is 10.9 Å². The molecule has 5 heteroatoms. The Bertz CT molecular complexity index is 217. The summed E-state index contributed by atoms with van der Waals surface area (Å²) in [7, 11) is 0. The number of hydrazine groups is 1. The molecule has 12 heavy (non-hydrogen) atoms. The average molecular weight is 172 g/mol. The molecule has 2 aliphatic rings. The minimum absolute atomic E-state index is 0.135. The normalized spacial score (nSPS) is 39.0. The van der Waals surface area contributed by atoms with Crippen molar-refractivity contribution in [3.63, 3.8) is 0 Å². The van der Waals surface area contributed by atoms with E-state index in [1.54, 1.807) is 0 Å². The summed E-state index contributed by atoms with van der Waals surface area (Å²) in [5, 5.41) is 3.23. The maximum absolute atomic E-state index is 11.3. The third-order valence-electron chi connectivity index (χ3n) is 2.41. The van der Waals surface area contributed by atoms with E-state index in [1.165, 1.54) is 0 Å². The van der Waals surface area contributed by atoms with Crippen molar-refractivity contribution >= 4 is 0 Å². The molecule has 2 rings (SSSR count). The topological polar surface area (TPSA) is 53.4 Å². The second kappa shape index (κ2) is 2.40. The average Bonchev–Trinajstić information content (AvgIpc) is 2.35. The first-order valence-electron chi connectivity index (χ1n) is 4.18. The van der Waals surface area contributed by atoms with Gasteiger partial charge in [-0.25, -0.2) is 5.32 Å². The minimum Gasteiger partial charge on any atom is -0.377 e. The Morgan fingerprint density at radius 1 is 1.42 bits per heavy atom. The summed E-state index contributed by atoms with van der Waals surface area (Å²) in [6.07, 6.45) is 0. The largest absolute Gasteiger partial charge is 0.377 e. The molecule has 2 aliphatic heterocycles. The molecule has 2 unspecified atom stereocenters. The number of ether oxygens (including phenoxy) is 1. The van der Waals surface area contributed by atoms with Crippen LogP contribution in [0.2, 0.25) is 0 Å². The van der Waals surface area contributed by atoms with Gasteiger partial charge >= 0.3 is 0 Å². The highest BCUT2D eigenvalue weighted by atomic mass is 16.5. The molecule has 0 amide bonds. The molecule has 0 aromatic carbocycles. The van der Waals surface area contributed by atoms with E-state index >= 15 is 0 Å². The third-order valence-corrected chi connectivity index (χ3v) is 2.41. The highest BCUT2D eigenvalue weighted by molar-refractivity contribution is 4.90. The fraction of sp³-hybridized carbons (Fsp3) is 1.00. The number of hydrogen-bond donors (Lipinski definition) is 2. The Hall–Kier alpha value is -0.680. The molecule has 0 bridgehead atoms. The van der Waals surface area contributed by atoms with Crippen molar-refractivity contribution in [2.24, 2.45) is 0 Å². The zero-order chi connectivity index (χ0) is 8.77. The Labute approximate surface area is 71.0 Å². The second-order valence-electron chi connectivity index (χ2n) is 3.88. The highest BCUT2D eigenvalue weighted by Crippen LogP contribution is 2.16. The van der Waals surface area contributed by atoms with Gasteiger partial charge in [0.2, 0.25) is 0 Å². The molecule has 0 spiro atoms. The summed E-state index contributed by atoms with van der Waals surface area (Å²) in [6.45, 7) is 5.00. The summed E-state index contributed by atoms with van der Waals surface area (Å²) in [6, 6.07) is 0.403. The molecule has 68 valence electrons. The smallest absolute Gasteiger partial charge is 0.291 e. The molecular weight excluding hydrogens is 158 g/mol. The lowest BCUT2D eigenvalue weighted by Crippen LogP contribution is -2.68. The van der Waals surface area contributed by atoms with Crippen molar-refractivity contribution in [1.82, 2.24) is 10.7 Å². The highest BCUT2D eigenvalue weighted by Gasteiger charge is 2.49. The lowest BCUT2D eigenvalue weighted by atomic mass is 10.1. The quantitative estimate of drug-likeness (QED) is 0.478. The fourth-order valence-corrected chi connectivity index (χ4v) is 1.65. The van der Waals surface area contributed by atoms with Gasteiger partial charge in [0.25, 0.3) is 5.66 Å². The van der Waals surface area contributed by atoms with Gasteiger partial charge in [-0.1, -0.05) is 0 Å². The van der Waals surface area contributed by atoms with Crippen molar-refractivity contribution in [3.05, 3.63) is 4.91 Å². The Morgan fingerprint density at radius 2 is 2.08 bits per heavy atom. The van der Waals surface area contributed by atoms with Gasteiger partial charge in [0, 0.05) is 13.8 Å². The maximum Gasteiger partial charge on any atom is 0.291 e. The molecule has 0 aromatic heterocycles. The molecule has 2 N–H and O–H groups in total. The predicted octanol–water partition coefficient (Wildman–Crippen LogP) is -0.623. The molecule has 2 saturated heterocycles. The van der Waals surface area contributed by atoms with E-state index in [2.05, 4.69) is 10.7 Å². The van der Waals surface area contributed by atoms with Crippen LogP contribution >= 0.6 is 0 Å². The molecule has 5 nitrogen and oxygen atoms in total. The van der Waals surface area contributed by atoms with Gasteiger partial charge in [0.15, 0.2) is 0 Å². The number of nitroso groups, excluding NO2 is 1. The summed E-state index contributed by atoms with van der Waals surface area (Å²) in [5.41, 5.74) is 2.33. The standard InChI is InChI=1S/C7H14N3O2/c1-7(2)8-5-3-12-4-6(5)9-10(7)11/h5-6,8H,3-4H2,1-2H3,(H,9,11)/q+1. The van der Waals surface area contributed by atoms with E-state index in [4.69, 9.17) is 4.74 Å². The van der Waals surface area contributed by atoms with Crippen LogP contribution in [-0.2, 0) is 4.74 Å². The number of nitrogens with one attached hydrogen (secondary N) is 2. The van der Waals surface area contributed by atoms with Crippen molar-refractivity contribution in [2.45, 2.75) is 31.6 Å². The molecule has 0 aromatic rings. The molecule has 2 atom stereocenters. The lowest BCUT2D eigenvalue weighted by molar-refractivity contribution is -0.693. The van der Waals surface area contributed by atoms with E-state index < -0.39 is 5.66 Å². The number of nitrogens with zero attached hydrogens (tertiary/aromatic N) is 1. The van der Waals surface area contributed by atoms with Gasteiger partial charge in [-0.05, 0) is 0 Å². The fourth-order valence-electron chi connectivity index (χ4n) is 1.65. The van der Waals surface area contributed by atoms with Crippen molar-refractivity contribution < 1.29 is 9.61 Å². The molecule has 2 heterocycles. The summed E-state index contributed by atoms with van der Waals surface area (Å²) >= 11 is 0. The van der Waals surface area contributed by atoms with E-state index in [-0.39, 0.29) is 12.1 Å². The zero-order valence-electron chi connectivity index (χ0n) is 7.33. The van der Waals surface area contributed by atoms with E-state index in [0.29, 0.717) is 13.2 Å². The van der Waals surface area contributed by atoms with Gasteiger partial charge in [-0.2, -0.15) is 0 Å². The second-order valence-corrected chi connectivity index (χ2v) is 3.88. The van der Waals surface area contributed by atoms with E-state index in [1.807, 2.05) is 13.8 Å². The molecule has 2 fully saturated rings. The summed E-state index contributed by atoms with van der Waals surface area (Å²) in [5.74, 6) is 0. The van der Waals surface area contributed by atoms with Crippen LogP contribution in [0.5, 0.6) is 0 Å². The van der Waals surface area contributed by atoms with Crippen LogP contribution in [0.4, 0.5) is 0 Å². The lowest BCUT2D eigenvalue weighted by Gasteiger charge is -2.29. The van der Waals surface area contributed by atoms with Crippen LogP contribution in [0.1, 0.15) is 13.8 Å². The van der Waals surface area contributed by atoms with Crippen LogP contribution in [0, 0.1) is 4.91 Å². The van der Waals surface area contributed by atoms with Gasteiger partial charge < -0.3 is 4.74 Å². The first-order chi connectivity index (χ1) is 5.59. The Kier molecular flexibility index (Phi) is 1.59. The first kappa shape index (κ1) is 7.94. The van der Waals surface area contributed by atoms with Crippen molar-refractivity contribution in [2.75, 3.05) is 13.2 Å². The van der Waals surface area contributed by atoms with E-state index in [9.17, 15) is 4.91 Å². The number of fused-ring (bicyclic) bond motifs is 1. The Morgan fingerprint density at radius 3 is 2.83 bits per heavy atom. The predicted molar refractivity (Wildman–Crippen MR) is 42.4 cm³/mol. The number of rotatable bonds is 0. The van der Waals surface area contributed by atoms with Crippen molar-refractivity contribution in [3.8, 4) is 0 Å². The van der Waals surface area contributed by atoms with Crippen molar-refractivity contribution in [1.29, 1.82) is 0 Å². The van der Waals surface area contributed by atoms with Gasteiger partial charge in [0.05, 0.1) is 24.2 Å². The molecule has 0 aliphatic carbocycles. The van der Waals surface area contributed by atoms with Gasteiger partial charge in [-0.3, -0.25) is 0 Å². The van der Waals surface area contributed by atoms with E-state index in [0.717, 1.165) is 4.87 Å². The maximum atomic E-state index is 11.3. The van der Waals surface area contributed by atoms with Gasteiger partial charge in [-0.15, -0.1) is 5.43 Å². The summed E-state index contributed by atoms with van der Waals surface area (Å²) in [4.78, 5) is 12.2. The summed E-state index contributed by atoms with van der Waals surface area (Å²) < 4.78 is 5.24. The van der Waals surface area contributed by atoms with Crippen LogP contribution in [-0.4, -0.2) is 35.8 Å². The molecular formula is C7H14N3O2+. The zero-order valence-corrected chi connectivity index (χ0v) is 7.33. The minimum atomic E-state index is -0.533. The van der Waals surface area contributed by atoms with Crippen LogP contribution in [0.25, 0.3) is 0 Å². The SMILES string of the molecule is CC1(C)NC2COCC2N[N+]1=O. The molecule has 0 radical (unpaired) electrons. The first-order valence-corrected chi connectivity index (χ1v) is 4.18.